The van der Waals surface area contributed by atoms with Gasteiger partial charge in [-0.3, -0.25) is 29.0 Å². The van der Waals surface area contributed by atoms with E-state index in [-0.39, 0.29) is 84.1 Å². The Morgan fingerprint density at radius 2 is 1.24 bits per heavy atom. The molecule has 0 bridgehead atoms. The molecule has 22 nitrogen and oxygen atoms in total. The molecule has 6 heterocycles. The van der Waals surface area contributed by atoms with Crippen molar-refractivity contribution >= 4 is 58.7 Å². The minimum absolute atomic E-state index is 0.00947. The lowest BCUT2D eigenvalue weighted by molar-refractivity contribution is -0.155. The molecule has 6 fully saturated rings. The van der Waals surface area contributed by atoms with Crippen molar-refractivity contribution in [3.05, 3.63) is 145 Å². The number of piperidine rings is 1. The highest BCUT2D eigenvalue weighted by Crippen LogP contribution is 2.43. The van der Waals surface area contributed by atoms with Crippen LogP contribution >= 0.6 is 0 Å². The number of aromatic nitrogens is 2. The zero-order valence-electron chi connectivity index (χ0n) is 52.6. The van der Waals surface area contributed by atoms with Gasteiger partial charge in [-0.1, -0.05) is 30.3 Å². The first-order valence-corrected chi connectivity index (χ1v) is 31.8. The standard InChI is InChI=1S/C25H22F2N6O3.C24H24N2O5.C23H23N3O3/c26-25(27)14-33(24(35)19-6-9-30-32-19)10-7-22(25)36-21-4-3-16(11-17(21)13-28)20-12-18(5-8-29-20)31-23(34)15-1-2-15;1-16(27)31-24(9-10-24)23(28)26-20-4-2-3-17(14-20)18-5-6-22(19(13-18)15-25)30-21-7-11-29-12-8-21;1-2-15-12-20(15)23(27)26-22-13-17(5-8-25-22)16-3-4-21(18(11-16)14-24)29-19-6-9-28-10-7-19/h3-5,8-9,11-12,15,22H,1-2,6-7,10,14H2,(H,29,31,34);2-6,13-14,21H,7-12H2,1H3,(H,26,28);2-5,8,11,13,15,19-20H,1,6-7,9-10,12H2,(H,25,26,27)/t22-;;15-,20-/m0.1/s1. The molecule has 3 saturated carbocycles. The summed E-state index contributed by atoms with van der Waals surface area (Å²) in [5.74, 6) is -2.74. The predicted octanol–water partition coefficient (Wildman–Crippen LogP) is 11.2. The van der Waals surface area contributed by atoms with Crippen LogP contribution in [-0.2, 0) is 38.2 Å². The van der Waals surface area contributed by atoms with Gasteiger partial charge in [0.15, 0.2) is 11.7 Å². The third-order valence-electron chi connectivity index (χ3n) is 17.1. The van der Waals surface area contributed by atoms with E-state index in [9.17, 15) is 48.5 Å². The lowest BCUT2D eigenvalue weighted by Crippen LogP contribution is -2.56. The van der Waals surface area contributed by atoms with Gasteiger partial charge in [-0.05, 0) is 126 Å². The van der Waals surface area contributed by atoms with Gasteiger partial charge in [0.2, 0.25) is 11.8 Å². The molecule has 4 aromatic carbocycles. The second-order valence-electron chi connectivity index (χ2n) is 24.2. The summed E-state index contributed by atoms with van der Waals surface area (Å²) in [5, 5.41) is 44.7. The molecule has 2 aromatic heterocycles. The van der Waals surface area contributed by atoms with Crippen LogP contribution in [0.2, 0.25) is 0 Å². The van der Waals surface area contributed by atoms with E-state index < -0.39 is 36.0 Å². The molecule has 24 heteroatoms. The van der Waals surface area contributed by atoms with Crippen LogP contribution in [0.3, 0.4) is 0 Å². The third-order valence-corrected chi connectivity index (χ3v) is 17.1. The Morgan fingerprint density at radius 3 is 1.80 bits per heavy atom. The number of carbonyl (C=O) groups excluding carboxylic acids is 5. The SMILES string of the molecule is C=C[C@@H]1C[C@H]1C(=O)Nc1cc(-c2ccc(OC3CCOCC3)c(C#N)c2)ccn1.CC(=O)OC1(C(=O)Nc2cccc(-c3ccc(OC4CCOCC4)c(C#N)c3)c2)CC1.N#Cc1cc(-c2cc(NC(=O)C3CC3)ccn2)ccc1O[C@H]1CCN(C(=O)C2=NN=CC2)CC1(F)F. The summed E-state index contributed by atoms with van der Waals surface area (Å²) < 4.78 is 63.4. The largest absolute Gasteiger partial charge is 0.489 e. The van der Waals surface area contributed by atoms with Crippen molar-refractivity contribution in [2.24, 2.45) is 28.0 Å². The monoisotopic (exact) mass is 1300 g/mol. The van der Waals surface area contributed by atoms with Crippen molar-refractivity contribution in [3.63, 3.8) is 0 Å². The van der Waals surface area contributed by atoms with Gasteiger partial charge in [-0.2, -0.15) is 20.9 Å². The van der Waals surface area contributed by atoms with E-state index >= 15 is 0 Å². The van der Waals surface area contributed by atoms with Crippen LogP contribution in [0, 0.1) is 51.7 Å². The quantitative estimate of drug-likeness (QED) is 0.0532. The van der Waals surface area contributed by atoms with Crippen molar-refractivity contribution in [3.8, 4) is 69.0 Å². The lowest BCUT2D eigenvalue weighted by Gasteiger charge is -2.38. The number of pyridine rings is 2. The van der Waals surface area contributed by atoms with E-state index in [2.05, 4.69) is 54.8 Å². The Bertz CT molecular complexity index is 4140. The number of esters is 1. The van der Waals surface area contributed by atoms with Gasteiger partial charge in [0.05, 0.1) is 55.4 Å². The average Bonchev–Trinajstić information content (AvgIpc) is 1.25. The van der Waals surface area contributed by atoms with Crippen molar-refractivity contribution in [1.82, 2.24) is 14.9 Å². The zero-order chi connectivity index (χ0) is 67.3. The molecule has 3 N–H and O–H groups in total. The topological polar surface area (TPSA) is 302 Å². The van der Waals surface area contributed by atoms with Gasteiger partial charge < -0.3 is 49.3 Å². The summed E-state index contributed by atoms with van der Waals surface area (Å²) in [4.78, 5) is 70.1. The summed E-state index contributed by atoms with van der Waals surface area (Å²) in [6.07, 6.45) is 12.2. The number of anilines is 3. The summed E-state index contributed by atoms with van der Waals surface area (Å²) in [7, 11) is 0. The van der Waals surface area contributed by atoms with E-state index in [1.807, 2.05) is 72.8 Å². The van der Waals surface area contributed by atoms with E-state index in [4.69, 9.17) is 28.4 Å². The molecule has 0 spiro atoms. The normalized spacial score (nSPS) is 19.6. The zero-order valence-corrected chi connectivity index (χ0v) is 52.6. The number of nitrogens with zero attached hydrogens (tertiary/aromatic N) is 8. The molecule has 3 aliphatic carbocycles. The smallest absolute Gasteiger partial charge is 0.303 e. The number of allylic oxidation sites excluding steroid dienone is 1. The van der Waals surface area contributed by atoms with Crippen molar-refractivity contribution in [1.29, 1.82) is 15.8 Å². The van der Waals surface area contributed by atoms with E-state index in [1.54, 1.807) is 42.7 Å². The number of rotatable bonds is 18. The first kappa shape index (κ1) is 66.7. The first-order chi connectivity index (χ1) is 46.5. The molecule has 6 aromatic rings. The number of halogens is 2. The Kier molecular flexibility index (Phi) is 20.9. The summed E-state index contributed by atoms with van der Waals surface area (Å²) in [6, 6.07) is 36.5. The van der Waals surface area contributed by atoms with Crippen molar-refractivity contribution in [2.45, 2.75) is 107 Å². The Morgan fingerprint density at radius 1 is 0.656 bits per heavy atom. The maximum absolute atomic E-state index is 14.9. The lowest BCUT2D eigenvalue weighted by atomic mass is 10.0. The molecule has 0 radical (unpaired) electrons. The van der Waals surface area contributed by atoms with Gasteiger partial charge in [0.25, 0.3) is 11.8 Å². The van der Waals surface area contributed by atoms with Crippen LogP contribution in [0.15, 0.2) is 138 Å². The number of likely N-dealkylation sites (tertiary alicyclic amines) is 1. The molecule has 7 aliphatic rings. The second-order valence-corrected chi connectivity index (χ2v) is 24.2. The molecule has 492 valence electrons. The van der Waals surface area contributed by atoms with E-state index in [0.29, 0.717) is 90.3 Å². The number of nitriles is 3. The molecular formula is C72H69F2N11O11. The number of hydrogen-bond acceptors (Lipinski definition) is 18. The van der Waals surface area contributed by atoms with Gasteiger partial charge in [-0.15, -0.1) is 11.7 Å². The number of carbonyl (C=O) groups is 5. The second kappa shape index (κ2) is 30.1. The fraction of sp³-hybridized carbons (Fsp3) is 0.361. The Balaban J connectivity index is 0.000000147. The molecule has 13 rings (SSSR count). The predicted molar refractivity (Wildman–Crippen MR) is 350 cm³/mol. The highest BCUT2D eigenvalue weighted by molar-refractivity contribution is 6.41. The fourth-order valence-corrected chi connectivity index (χ4v) is 11.3. The number of nitrogens with one attached hydrogen (secondary N) is 3. The van der Waals surface area contributed by atoms with Crippen LogP contribution in [0.1, 0.15) is 94.2 Å². The minimum Gasteiger partial charge on any atom is -0.489 e. The number of ether oxygens (including phenoxy) is 6. The molecule has 3 atom stereocenters. The highest BCUT2D eigenvalue weighted by Gasteiger charge is 2.54. The maximum atomic E-state index is 14.9. The van der Waals surface area contributed by atoms with Crippen molar-refractivity contribution in [2.75, 3.05) is 55.5 Å². The average molecular weight is 1300 g/mol. The maximum Gasteiger partial charge on any atom is 0.303 e. The number of hydrogen-bond donors (Lipinski definition) is 3. The number of amides is 4. The van der Waals surface area contributed by atoms with Crippen molar-refractivity contribution < 1.29 is 61.2 Å². The third kappa shape index (κ3) is 17.0. The van der Waals surface area contributed by atoms with Gasteiger partial charge >= 0.3 is 11.9 Å². The van der Waals surface area contributed by atoms with E-state index in [1.165, 1.54) is 25.3 Å². The van der Waals surface area contributed by atoms with Gasteiger partial charge in [0.1, 0.15) is 59.2 Å². The van der Waals surface area contributed by atoms with E-state index in [0.717, 1.165) is 72.1 Å². The number of benzene rings is 4. The van der Waals surface area contributed by atoms with Crippen LogP contribution in [-0.4, -0.2) is 126 Å². The molecule has 4 aliphatic heterocycles. The van der Waals surface area contributed by atoms with Crippen LogP contribution < -0.4 is 30.2 Å². The fourth-order valence-electron chi connectivity index (χ4n) is 11.3. The molecule has 96 heavy (non-hydrogen) atoms. The van der Waals surface area contributed by atoms with Gasteiger partial charge in [-0.25, -0.2) is 13.8 Å². The summed E-state index contributed by atoms with van der Waals surface area (Å²) >= 11 is 0. The van der Waals surface area contributed by atoms with Gasteiger partial charge in [0, 0.05) is 112 Å². The van der Waals surface area contributed by atoms with Crippen LogP contribution in [0.4, 0.5) is 26.0 Å². The summed E-state index contributed by atoms with van der Waals surface area (Å²) in [5.41, 5.74) is 5.84. The highest BCUT2D eigenvalue weighted by atomic mass is 19.3. The minimum atomic E-state index is -3.32. The molecule has 3 saturated heterocycles. The van der Waals surface area contributed by atoms with Crippen LogP contribution in [0.25, 0.3) is 33.5 Å². The molecule has 4 amide bonds. The Labute approximate surface area is 552 Å². The molecular weight excluding hydrogens is 1230 g/mol. The first-order valence-electron chi connectivity index (χ1n) is 31.8. The molecule has 0 unspecified atom stereocenters. The number of alkyl halides is 2. The summed E-state index contributed by atoms with van der Waals surface area (Å²) in [6.45, 7) is 7.01. The van der Waals surface area contributed by atoms with Crippen LogP contribution in [0.5, 0.6) is 17.2 Å². The Hall–Kier alpha value is -10.7.